The second kappa shape index (κ2) is 5.96. The van der Waals surface area contributed by atoms with E-state index in [0.717, 1.165) is 15.6 Å². The molecule has 0 fully saturated rings. The highest BCUT2D eigenvalue weighted by Crippen LogP contribution is 2.25. The minimum Gasteiger partial charge on any atom is -0.348 e. The number of alkyl halides is 1. The first-order valence-corrected chi connectivity index (χ1v) is 7.44. The number of carbonyl (C=O) groups is 1. The standard InChI is InChI=1S/C12H19BrN2OS/c1-6(2)10(13)12(16)15-8(4)11-7(3)14-9(5)17-11/h6,8,10H,1-5H3,(H,15,16). The number of thiazole rings is 1. The fourth-order valence-electron chi connectivity index (χ4n) is 1.61. The molecule has 1 heterocycles. The molecule has 1 aromatic rings. The average Bonchev–Trinajstić information content (AvgIpc) is 2.56. The largest absolute Gasteiger partial charge is 0.348 e. The van der Waals surface area contributed by atoms with Crippen molar-refractivity contribution in [2.75, 3.05) is 0 Å². The Bertz CT molecular complexity index is 403. The monoisotopic (exact) mass is 318 g/mol. The molecule has 0 aromatic carbocycles. The first-order chi connectivity index (χ1) is 7.82. The van der Waals surface area contributed by atoms with E-state index in [9.17, 15) is 4.79 Å². The highest BCUT2D eigenvalue weighted by atomic mass is 79.9. The smallest absolute Gasteiger partial charge is 0.234 e. The average molecular weight is 319 g/mol. The third-order valence-electron chi connectivity index (χ3n) is 2.53. The second-order valence-corrected chi connectivity index (χ2v) is 6.78. The van der Waals surface area contributed by atoms with Gasteiger partial charge in [0.1, 0.15) is 0 Å². The van der Waals surface area contributed by atoms with Gasteiger partial charge < -0.3 is 5.32 Å². The van der Waals surface area contributed by atoms with Crippen LogP contribution in [0.5, 0.6) is 0 Å². The molecule has 0 bridgehead atoms. The van der Waals surface area contributed by atoms with Crippen LogP contribution in [-0.2, 0) is 4.79 Å². The third-order valence-corrected chi connectivity index (χ3v) is 5.26. The lowest BCUT2D eigenvalue weighted by Crippen LogP contribution is -2.35. The van der Waals surface area contributed by atoms with Gasteiger partial charge in [-0.25, -0.2) is 4.98 Å². The highest BCUT2D eigenvalue weighted by Gasteiger charge is 2.22. The first kappa shape index (κ1) is 14.6. The lowest BCUT2D eigenvalue weighted by atomic mass is 10.1. The summed E-state index contributed by atoms with van der Waals surface area (Å²) in [6.07, 6.45) is 0. The van der Waals surface area contributed by atoms with E-state index in [1.807, 2.05) is 34.6 Å². The zero-order valence-corrected chi connectivity index (χ0v) is 13.3. The molecule has 17 heavy (non-hydrogen) atoms. The Morgan fingerprint density at radius 2 is 1.94 bits per heavy atom. The minimum atomic E-state index is -0.140. The van der Waals surface area contributed by atoms with Gasteiger partial charge in [0.15, 0.2) is 0 Å². The van der Waals surface area contributed by atoms with Crippen LogP contribution in [0.25, 0.3) is 0 Å². The number of carbonyl (C=O) groups excluding carboxylic acids is 1. The number of rotatable bonds is 4. The molecule has 2 unspecified atom stereocenters. The van der Waals surface area contributed by atoms with Gasteiger partial charge >= 0.3 is 0 Å². The van der Waals surface area contributed by atoms with Crippen LogP contribution in [0.2, 0.25) is 0 Å². The van der Waals surface area contributed by atoms with E-state index >= 15 is 0 Å². The number of nitrogens with one attached hydrogen (secondary N) is 1. The summed E-state index contributed by atoms with van der Waals surface area (Å²) in [5, 5.41) is 4.06. The fourth-order valence-corrected chi connectivity index (χ4v) is 2.67. The van der Waals surface area contributed by atoms with Gasteiger partial charge in [-0.05, 0) is 26.7 Å². The molecule has 0 aliphatic heterocycles. The van der Waals surface area contributed by atoms with Gasteiger partial charge in [-0.3, -0.25) is 4.79 Å². The molecule has 0 aliphatic rings. The van der Waals surface area contributed by atoms with E-state index in [4.69, 9.17) is 0 Å². The summed E-state index contributed by atoms with van der Waals surface area (Å²) in [4.78, 5) is 17.3. The van der Waals surface area contributed by atoms with Crippen molar-refractivity contribution in [1.82, 2.24) is 10.3 Å². The van der Waals surface area contributed by atoms with Crippen LogP contribution in [0.1, 0.15) is 42.4 Å². The molecule has 0 saturated heterocycles. The summed E-state index contributed by atoms with van der Waals surface area (Å²) in [7, 11) is 0. The Labute approximate surface area is 115 Å². The highest BCUT2D eigenvalue weighted by molar-refractivity contribution is 9.10. The summed E-state index contributed by atoms with van der Waals surface area (Å²) in [5.74, 6) is 0.324. The van der Waals surface area contributed by atoms with Crippen LogP contribution in [-0.4, -0.2) is 15.7 Å². The Morgan fingerprint density at radius 1 is 1.35 bits per heavy atom. The SMILES string of the molecule is Cc1nc(C)c(C(C)NC(=O)C(Br)C(C)C)s1. The number of aromatic nitrogens is 1. The van der Waals surface area contributed by atoms with E-state index in [0.29, 0.717) is 0 Å². The number of nitrogens with zero attached hydrogens (tertiary/aromatic N) is 1. The Hall–Kier alpha value is -0.420. The van der Waals surface area contributed by atoms with Crippen LogP contribution in [0.15, 0.2) is 0 Å². The molecular weight excluding hydrogens is 300 g/mol. The molecule has 1 amide bonds. The molecule has 0 spiro atoms. The second-order valence-electron chi connectivity index (χ2n) is 4.56. The molecular formula is C12H19BrN2OS. The van der Waals surface area contributed by atoms with Crippen LogP contribution >= 0.6 is 27.3 Å². The Kier molecular flexibility index (Phi) is 5.13. The van der Waals surface area contributed by atoms with E-state index in [1.165, 1.54) is 0 Å². The van der Waals surface area contributed by atoms with Gasteiger partial charge in [-0.2, -0.15) is 0 Å². The maximum atomic E-state index is 11.9. The summed E-state index contributed by atoms with van der Waals surface area (Å²) in [6.45, 7) is 10.0. The predicted octanol–water partition coefficient (Wildman–Crippen LogP) is 3.36. The molecule has 0 saturated carbocycles. The molecule has 0 aliphatic carbocycles. The predicted molar refractivity (Wildman–Crippen MR) is 75.7 cm³/mol. The van der Waals surface area contributed by atoms with E-state index < -0.39 is 0 Å². The molecule has 5 heteroatoms. The molecule has 2 atom stereocenters. The maximum absolute atomic E-state index is 11.9. The lowest BCUT2D eigenvalue weighted by molar-refractivity contribution is -0.121. The van der Waals surface area contributed by atoms with E-state index in [-0.39, 0.29) is 22.7 Å². The van der Waals surface area contributed by atoms with Gasteiger partial charge in [0.05, 0.1) is 21.6 Å². The number of aryl methyl sites for hydroxylation is 2. The third kappa shape index (κ3) is 3.78. The quantitative estimate of drug-likeness (QED) is 0.865. The van der Waals surface area contributed by atoms with Crippen LogP contribution in [0.3, 0.4) is 0 Å². The fraction of sp³-hybridized carbons (Fsp3) is 0.667. The normalized spacial score (nSPS) is 14.8. The summed E-state index contributed by atoms with van der Waals surface area (Å²) >= 11 is 5.05. The number of amides is 1. The molecule has 1 rings (SSSR count). The summed E-state index contributed by atoms with van der Waals surface area (Å²) in [5.41, 5.74) is 1.01. The number of halogens is 1. The van der Waals surface area contributed by atoms with Gasteiger partial charge in [0.25, 0.3) is 0 Å². The van der Waals surface area contributed by atoms with Crippen molar-refractivity contribution in [3.05, 3.63) is 15.6 Å². The Balaban J connectivity index is 2.70. The molecule has 3 nitrogen and oxygen atoms in total. The van der Waals surface area contributed by atoms with Crippen LogP contribution < -0.4 is 5.32 Å². The van der Waals surface area contributed by atoms with Crippen LogP contribution in [0.4, 0.5) is 0 Å². The lowest BCUT2D eigenvalue weighted by Gasteiger charge is -2.18. The maximum Gasteiger partial charge on any atom is 0.234 e. The van der Waals surface area contributed by atoms with Gasteiger partial charge in [-0.15, -0.1) is 11.3 Å². The van der Waals surface area contributed by atoms with Crippen molar-refractivity contribution in [3.8, 4) is 0 Å². The van der Waals surface area contributed by atoms with Gasteiger partial charge in [0.2, 0.25) is 5.91 Å². The molecule has 0 radical (unpaired) electrons. The van der Waals surface area contributed by atoms with Gasteiger partial charge in [-0.1, -0.05) is 29.8 Å². The first-order valence-electron chi connectivity index (χ1n) is 5.71. The minimum absolute atomic E-state index is 0.0208. The van der Waals surface area contributed by atoms with Crippen molar-refractivity contribution >= 4 is 33.2 Å². The zero-order chi connectivity index (χ0) is 13.2. The topological polar surface area (TPSA) is 42.0 Å². The van der Waals surface area contributed by atoms with Crippen molar-refractivity contribution in [1.29, 1.82) is 0 Å². The number of hydrogen-bond acceptors (Lipinski definition) is 3. The van der Waals surface area contributed by atoms with Crippen molar-refractivity contribution < 1.29 is 4.79 Å². The van der Waals surface area contributed by atoms with Crippen molar-refractivity contribution in [2.45, 2.75) is 45.5 Å². The summed E-state index contributed by atoms with van der Waals surface area (Å²) in [6, 6.07) is 0.0208. The van der Waals surface area contributed by atoms with Crippen molar-refractivity contribution in [3.63, 3.8) is 0 Å². The summed E-state index contributed by atoms with van der Waals surface area (Å²) < 4.78 is 0. The molecule has 96 valence electrons. The van der Waals surface area contributed by atoms with Crippen molar-refractivity contribution in [2.24, 2.45) is 5.92 Å². The zero-order valence-electron chi connectivity index (χ0n) is 10.9. The van der Waals surface area contributed by atoms with Crippen LogP contribution in [0, 0.1) is 19.8 Å². The van der Waals surface area contributed by atoms with E-state index in [2.05, 4.69) is 26.2 Å². The van der Waals surface area contributed by atoms with Gasteiger partial charge in [0, 0.05) is 4.88 Å². The molecule has 1 aromatic heterocycles. The number of hydrogen-bond donors (Lipinski definition) is 1. The Morgan fingerprint density at radius 3 is 2.35 bits per heavy atom. The van der Waals surface area contributed by atoms with E-state index in [1.54, 1.807) is 11.3 Å². The molecule has 1 N–H and O–H groups in total.